The number of alkyl halides is 1. The van der Waals surface area contributed by atoms with Crippen LogP contribution in [0.5, 0.6) is 0 Å². The number of carbonyl (C=O) groups excluding carboxylic acids is 1. The topological polar surface area (TPSA) is 29.1 Å². The molecule has 0 unspecified atom stereocenters. The van der Waals surface area contributed by atoms with Gasteiger partial charge in [0.05, 0.1) is 0 Å². The molecule has 0 aliphatic heterocycles. The lowest BCUT2D eigenvalue weighted by Crippen LogP contribution is -2.46. The van der Waals surface area contributed by atoms with Crippen LogP contribution in [0.25, 0.3) is 0 Å². The predicted octanol–water partition coefficient (Wildman–Crippen LogP) is 2.84. The van der Waals surface area contributed by atoms with Crippen molar-refractivity contribution in [2.45, 2.75) is 57.4 Å². The summed E-state index contributed by atoms with van der Waals surface area (Å²) in [6.07, 6.45) is 8.57. The van der Waals surface area contributed by atoms with Crippen molar-refractivity contribution in [1.29, 1.82) is 0 Å². The Bertz CT molecular complexity index is 186. The Morgan fingerprint density at radius 3 is 2.21 bits per heavy atom. The Morgan fingerprint density at radius 1 is 1.21 bits per heavy atom. The van der Waals surface area contributed by atoms with Crippen LogP contribution < -0.4 is 5.32 Å². The summed E-state index contributed by atoms with van der Waals surface area (Å²) in [7, 11) is 0. The molecule has 1 aliphatic carbocycles. The Kier molecular flexibility index (Phi) is 4.73. The van der Waals surface area contributed by atoms with Gasteiger partial charge in [0.2, 0.25) is 5.91 Å². The van der Waals surface area contributed by atoms with Gasteiger partial charge in [-0.1, -0.05) is 32.1 Å². The minimum Gasteiger partial charge on any atom is -0.350 e. The number of rotatable bonds is 2. The minimum absolute atomic E-state index is 0.00755. The number of hydrogen-bond acceptors (Lipinski definition) is 1. The molecule has 0 aromatic heterocycles. The van der Waals surface area contributed by atoms with Gasteiger partial charge in [-0.05, 0) is 19.8 Å². The summed E-state index contributed by atoms with van der Waals surface area (Å²) in [5.74, 6) is 0.0463. The van der Waals surface area contributed by atoms with Crippen molar-refractivity contribution in [3.63, 3.8) is 0 Å². The summed E-state index contributed by atoms with van der Waals surface area (Å²) < 4.78 is 0. The molecule has 1 saturated carbocycles. The van der Waals surface area contributed by atoms with Gasteiger partial charge in [-0.25, -0.2) is 0 Å². The summed E-state index contributed by atoms with van der Waals surface area (Å²) in [5, 5.41) is 3.04. The third-order valence-electron chi connectivity index (χ3n) is 3.02. The average Bonchev–Trinajstić information content (AvgIpc) is 2.12. The van der Waals surface area contributed by atoms with E-state index in [1.54, 1.807) is 0 Å². The molecule has 1 rings (SSSR count). The molecule has 0 bridgehead atoms. The summed E-state index contributed by atoms with van der Waals surface area (Å²) in [4.78, 5) is 11.2. The molecule has 0 heterocycles. The van der Waals surface area contributed by atoms with E-state index in [0.29, 0.717) is 0 Å². The van der Waals surface area contributed by atoms with Gasteiger partial charge in [0.15, 0.2) is 0 Å². The first kappa shape index (κ1) is 11.8. The normalized spacial score (nSPS) is 22.1. The highest BCUT2D eigenvalue weighted by Crippen LogP contribution is 2.25. The summed E-state index contributed by atoms with van der Waals surface area (Å²) in [6.45, 7) is 2.14. The molecule has 0 aromatic carbocycles. The maximum absolute atomic E-state index is 11.2. The van der Waals surface area contributed by atoms with E-state index in [9.17, 15) is 4.79 Å². The second-order valence-corrected chi connectivity index (χ2v) is 4.78. The van der Waals surface area contributed by atoms with E-state index in [1.165, 1.54) is 32.1 Å². The fourth-order valence-corrected chi connectivity index (χ4v) is 2.25. The highest BCUT2D eigenvalue weighted by Gasteiger charge is 2.25. The fraction of sp³-hybridized carbons (Fsp3) is 0.909. The van der Waals surface area contributed by atoms with Crippen LogP contribution in [0.1, 0.15) is 51.9 Å². The Balaban J connectivity index is 2.46. The lowest BCUT2D eigenvalue weighted by atomic mass is 9.85. The van der Waals surface area contributed by atoms with Crippen molar-refractivity contribution in [3.8, 4) is 0 Å². The monoisotopic (exact) mass is 217 g/mol. The third kappa shape index (κ3) is 3.87. The van der Waals surface area contributed by atoms with Crippen LogP contribution in [-0.4, -0.2) is 17.3 Å². The number of halogens is 1. The van der Waals surface area contributed by atoms with Gasteiger partial charge in [-0.15, -0.1) is 11.6 Å². The van der Waals surface area contributed by atoms with E-state index < -0.39 is 0 Å². The summed E-state index contributed by atoms with van der Waals surface area (Å²) in [5.41, 5.74) is -0.00755. The smallest absolute Gasteiger partial charge is 0.235 e. The van der Waals surface area contributed by atoms with E-state index in [4.69, 9.17) is 11.6 Å². The van der Waals surface area contributed by atoms with E-state index in [0.717, 1.165) is 12.8 Å². The average molecular weight is 218 g/mol. The molecule has 1 N–H and O–H groups in total. The highest BCUT2D eigenvalue weighted by molar-refractivity contribution is 6.27. The number of hydrogen-bond donors (Lipinski definition) is 1. The van der Waals surface area contributed by atoms with Crippen LogP contribution in [0, 0.1) is 0 Å². The molecule has 0 spiro atoms. The summed E-state index contributed by atoms with van der Waals surface area (Å²) in [6, 6.07) is 0. The van der Waals surface area contributed by atoms with E-state index >= 15 is 0 Å². The second kappa shape index (κ2) is 5.59. The fourth-order valence-electron chi connectivity index (χ4n) is 2.18. The zero-order chi connectivity index (χ0) is 10.4. The van der Waals surface area contributed by atoms with E-state index in [2.05, 4.69) is 12.2 Å². The maximum Gasteiger partial charge on any atom is 0.235 e. The highest BCUT2D eigenvalue weighted by atomic mass is 35.5. The van der Waals surface area contributed by atoms with Gasteiger partial charge >= 0.3 is 0 Å². The van der Waals surface area contributed by atoms with E-state index in [-0.39, 0.29) is 17.3 Å². The first-order valence-electron chi connectivity index (χ1n) is 5.53. The molecule has 14 heavy (non-hydrogen) atoms. The molecule has 3 heteroatoms. The van der Waals surface area contributed by atoms with Crippen molar-refractivity contribution in [3.05, 3.63) is 0 Å². The minimum atomic E-state index is -0.0326. The number of amides is 1. The van der Waals surface area contributed by atoms with Crippen molar-refractivity contribution in [2.24, 2.45) is 0 Å². The van der Waals surface area contributed by atoms with Crippen LogP contribution in [-0.2, 0) is 4.79 Å². The predicted molar refractivity (Wildman–Crippen MR) is 59.6 cm³/mol. The quantitative estimate of drug-likeness (QED) is 0.709. The Morgan fingerprint density at radius 2 is 1.71 bits per heavy atom. The zero-order valence-corrected chi connectivity index (χ0v) is 9.70. The van der Waals surface area contributed by atoms with E-state index in [1.807, 2.05) is 0 Å². The molecule has 0 radical (unpaired) electrons. The van der Waals surface area contributed by atoms with Crippen LogP contribution in [0.3, 0.4) is 0 Å². The molecule has 0 saturated heterocycles. The first-order valence-corrected chi connectivity index (χ1v) is 6.07. The van der Waals surface area contributed by atoms with Crippen LogP contribution in [0.4, 0.5) is 0 Å². The summed E-state index contributed by atoms with van der Waals surface area (Å²) >= 11 is 5.49. The number of carbonyl (C=O) groups is 1. The van der Waals surface area contributed by atoms with Gasteiger partial charge < -0.3 is 5.32 Å². The third-order valence-corrected chi connectivity index (χ3v) is 3.26. The zero-order valence-electron chi connectivity index (χ0n) is 8.94. The van der Waals surface area contributed by atoms with Crippen LogP contribution in [0.15, 0.2) is 0 Å². The van der Waals surface area contributed by atoms with Gasteiger partial charge in [0.25, 0.3) is 0 Å². The molecule has 1 fully saturated rings. The Hall–Kier alpha value is -0.240. The molecule has 1 aliphatic rings. The molecule has 1 amide bonds. The molecular weight excluding hydrogens is 198 g/mol. The van der Waals surface area contributed by atoms with Gasteiger partial charge in [-0.2, -0.15) is 0 Å². The van der Waals surface area contributed by atoms with Crippen LogP contribution >= 0.6 is 11.6 Å². The standard InChI is InChI=1S/C11H20ClNO/c1-11(13-10(14)9-12)7-5-3-2-4-6-8-11/h2-9H2,1H3,(H,13,14). The van der Waals surface area contributed by atoms with Crippen molar-refractivity contribution in [1.82, 2.24) is 5.32 Å². The lowest BCUT2D eigenvalue weighted by molar-refractivity contribution is -0.120. The molecule has 0 atom stereocenters. The van der Waals surface area contributed by atoms with Gasteiger partial charge in [-0.3, -0.25) is 4.79 Å². The number of nitrogens with one attached hydrogen (secondary N) is 1. The molecule has 82 valence electrons. The van der Waals surface area contributed by atoms with Crippen molar-refractivity contribution >= 4 is 17.5 Å². The van der Waals surface area contributed by atoms with Gasteiger partial charge in [0.1, 0.15) is 5.88 Å². The lowest BCUT2D eigenvalue weighted by Gasteiger charge is -2.32. The van der Waals surface area contributed by atoms with Crippen molar-refractivity contribution < 1.29 is 4.79 Å². The van der Waals surface area contributed by atoms with Crippen LogP contribution in [0.2, 0.25) is 0 Å². The molecule has 0 aromatic rings. The second-order valence-electron chi connectivity index (χ2n) is 4.51. The first-order chi connectivity index (χ1) is 6.66. The SMILES string of the molecule is CC1(NC(=O)CCl)CCCCCCC1. The van der Waals surface area contributed by atoms with Crippen molar-refractivity contribution in [2.75, 3.05) is 5.88 Å². The Labute approximate surface area is 91.4 Å². The molecule has 2 nitrogen and oxygen atoms in total. The largest absolute Gasteiger partial charge is 0.350 e. The molecular formula is C11H20ClNO. The maximum atomic E-state index is 11.2. The van der Waals surface area contributed by atoms with Gasteiger partial charge in [0, 0.05) is 5.54 Å².